The van der Waals surface area contributed by atoms with Crippen LogP contribution in [0.1, 0.15) is 15.2 Å². The minimum Gasteiger partial charge on any atom is -0.497 e. The minimum atomic E-state index is -0.133. The summed E-state index contributed by atoms with van der Waals surface area (Å²) in [4.78, 5) is 18.8. The lowest BCUT2D eigenvalue weighted by molar-refractivity contribution is 0.0955. The van der Waals surface area contributed by atoms with E-state index in [1.165, 1.54) is 11.3 Å². The van der Waals surface area contributed by atoms with E-state index in [0.717, 1.165) is 42.7 Å². The number of fused-ring (bicyclic) bond motifs is 2. The number of amides is 1. The number of ether oxygens (including phenoxy) is 2. The fourth-order valence-corrected chi connectivity index (χ4v) is 4.34. The summed E-state index contributed by atoms with van der Waals surface area (Å²) < 4.78 is 11.6. The molecule has 2 aromatic carbocycles. The van der Waals surface area contributed by atoms with Crippen molar-refractivity contribution in [1.29, 1.82) is 0 Å². The summed E-state index contributed by atoms with van der Waals surface area (Å²) in [7, 11) is 3.25. The monoisotopic (exact) mass is 456 g/mol. The molecule has 0 aliphatic rings. The normalized spacial score (nSPS) is 11.0. The Kier molecular flexibility index (Phi) is 5.19. The first-order valence-electron chi connectivity index (χ1n) is 8.56. The van der Waals surface area contributed by atoms with Crippen molar-refractivity contribution in [3.63, 3.8) is 0 Å². The van der Waals surface area contributed by atoms with Crippen LogP contribution in [0.2, 0.25) is 0 Å². The Morgan fingerprint density at radius 2 is 1.93 bits per heavy atom. The lowest BCUT2D eigenvalue weighted by Gasteiger charge is -2.09. The highest BCUT2D eigenvalue weighted by molar-refractivity contribution is 9.10. The molecule has 4 rings (SSSR count). The molecule has 0 radical (unpaired) electrons. The van der Waals surface area contributed by atoms with Crippen LogP contribution in [0.5, 0.6) is 11.5 Å². The second-order valence-electron chi connectivity index (χ2n) is 6.19. The number of thiophene rings is 1. The number of carbonyl (C=O) groups is 1. The smallest absolute Gasteiger partial charge is 0.261 e. The quantitative estimate of drug-likeness (QED) is 0.450. The third kappa shape index (κ3) is 3.68. The molecule has 1 amide bonds. The van der Waals surface area contributed by atoms with Crippen molar-refractivity contribution in [2.75, 3.05) is 14.2 Å². The van der Waals surface area contributed by atoms with E-state index >= 15 is 0 Å². The van der Waals surface area contributed by atoms with Crippen molar-refractivity contribution in [1.82, 2.24) is 10.3 Å². The van der Waals surface area contributed by atoms with E-state index in [0.29, 0.717) is 11.4 Å². The first-order chi connectivity index (χ1) is 13.6. The van der Waals surface area contributed by atoms with Crippen molar-refractivity contribution in [3.8, 4) is 11.5 Å². The zero-order chi connectivity index (χ0) is 19.7. The summed E-state index contributed by atoms with van der Waals surface area (Å²) in [6, 6.07) is 15.4. The first kappa shape index (κ1) is 18.7. The number of benzene rings is 2. The number of hydrogen-bond acceptors (Lipinski definition) is 5. The van der Waals surface area contributed by atoms with Gasteiger partial charge < -0.3 is 14.8 Å². The standard InChI is InChI=1S/C21H17BrN2O3S/c1-26-16-5-3-12-7-13-9-19(28-21(13)24-17(12)10-16)20(25)23-11-14-8-15(22)4-6-18(14)27-2/h3-10H,11H2,1-2H3,(H,23,25). The fraction of sp³-hybridized carbons (Fsp3) is 0.143. The van der Waals surface area contributed by atoms with Crippen LogP contribution in [-0.2, 0) is 6.54 Å². The van der Waals surface area contributed by atoms with Gasteiger partial charge in [0.1, 0.15) is 16.3 Å². The van der Waals surface area contributed by atoms with E-state index in [2.05, 4.69) is 26.2 Å². The number of halogens is 1. The summed E-state index contributed by atoms with van der Waals surface area (Å²) in [5, 5.41) is 4.92. The van der Waals surface area contributed by atoms with Gasteiger partial charge in [-0.15, -0.1) is 11.3 Å². The van der Waals surface area contributed by atoms with E-state index in [1.54, 1.807) is 14.2 Å². The predicted molar refractivity (Wildman–Crippen MR) is 116 cm³/mol. The van der Waals surface area contributed by atoms with Crippen LogP contribution in [0.3, 0.4) is 0 Å². The summed E-state index contributed by atoms with van der Waals surface area (Å²) in [6.07, 6.45) is 0. The third-order valence-corrected chi connectivity index (χ3v) is 5.95. The topological polar surface area (TPSA) is 60.5 Å². The third-order valence-electron chi connectivity index (χ3n) is 4.42. The zero-order valence-corrected chi connectivity index (χ0v) is 17.7. The van der Waals surface area contributed by atoms with Gasteiger partial charge in [-0.2, -0.15) is 0 Å². The lowest BCUT2D eigenvalue weighted by Crippen LogP contribution is -2.22. The summed E-state index contributed by atoms with van der Waals surface area (Å²) >= 11 is 4.83. The molecule has 0 saturated heterocycles. The largest absolute Gasteiger partial charge is 0.497 e. The molecule has 0 fully saturated rings. The van der Waals surface area contributed by atoms with Gasteiger partial charge in [0.2, 0.25) is 0 Å². The number of rotatable bonds is 5. The van der Waals surface area contributed by atoms with E-state index in [1.807, 2.05) is 48.5 Å². The molecule has 2 aromatic heterocycles. The molecule has 0 aliphatic heterocycles. The van der Waals surface area contributed by atoms with Crippen LogP contribution in [0.15, 0.2) is 53.0 Å². The molecule has 0 spiro atoms. The van der Waals surface area contributed by atoms with Crippen molar-refractivity contribution < 1.29 is 14.3 Å². The van der Waals surface area contributed by atoms with Crippen LogP contribution in [0.25, 0.3) is 21.1 Å². The van der Waals surface area contributed by atoms with Crippen LogP contribution in [0, 0.1) is 0 Å². The van der Waals surface area contributed by atoms with Crippen molar-refractivity contribution in [3.05, 3.63) is 63.4 Å². The highest BCUT2D eigenvalue weighted by atomic mass is 79.9. The maximum absolute atomic E-state index is 12.7. The van der Waals surface area contributed by atoms with Gasteiger partial charge in [0.15, 0.2) is 0 Å². The van der Waals surface area contributed by atoms with E-state index in [9.17, 15) is 4.79 Å². The van der Waals surface area contributed by atoms with E-state index in [-0.39, 0.29) is 5.91 Å². The minimum absolute atomic E-state index is 0.133. The number of carbonyl (C=O) groups excluding carboxylic acids is 1. The molecular formula is C21H17BrN2O3S. The predicted octanol–water partition coefficient (Wildman–Crippen LogP) is 5.16. The molecule has 0 aliphatic carbocycles. The summed E-state index contributed by atoms with van der Waals surface area (Å²) in [5.74, 6) is 1.37. The molecule has 0 bridgehead atoms. The Morgan fingerprint density at radius 1 is 1.07 bits per heavy atom. The van der Waals surface area contributed by atoms with E-state index in [4.69, 9.17) is 9.47 Å². The average Bonchev–Trinajstić information content (AvgIpc) is 3.12. The lowest BCUT2D eigenvalue weighted by atomic mass is 10.2. The van der Waals surface area contributed by atoms with Crippen LogP contribution < -0.4 is 14.8 Å². The number of methoxy groups -OCH3 is 2. The van der Waals surface area contributed by atoms with Crippen molar-refractivity contribution in [2.45, 2.75) is 6.54 Å². The van der Waals surface area contributed by atoms with Gasteiger partial charge >= 0.3 is 0 Å². The van der Waals surface area contributed by atoms with Gasteiger partial charge in [0.05, 0.1) is 24.6 Å². The highest BCUT2D eigenvalue weighted by Crippen LogP contribution is 2.29. The SMILES string of the molecule is COc1ccc2cc3cc(C(=O)NCc4cc(Br)ccc4OC)sc3nc2c1. The zero-order valence-electron chi connectivity index (χ0n) is 15.3. The van der Waals surface area contributed by atoms with Gasteiger partial charge in [-0.25, -0.2) is 4.98 Å². The molecule has 142 valence electrons. The maximum Gasteiger partial charge on any atom is 0.261 e. The number of nitrogens with zero attached hydrogens (tertiary/aromatic N) is 1. The van der Waals surface area contributed by atoms with Crippen LogP contribution >= 0.6 is 27.3 Å². The van der Waals surface area contributed by atoms with Crippen LogP contribution in [0.4, 0.5) is 0 Å². The van der Waals surface area contributed by atoms with Gasteiger partial charge in [-0.05, 0) is 42.5 Å². The Bertz CT molecular complexity index is 1190. The second-order valence-corrected chi connectivity index (χ2v) is 8.14. The first-order valence-corrected chi connectivity index (χ1v) is 10.2. The molecule has 4 aromatic rings. The fourth-order valence-electron chi connectivity index (χ4n) is 2.99. The molecule has 2 heterocycles. The Labute approximate surface area is 174 Å². The molecule has 0 saturated carbocycles. The molecular weight excluding hydrogens is 440 g/mol. The summed E-state index contributed by atoms with van der Waals surface area (Å²) in [6.45, 7) is 0.377. The molecule has 7 heteroatoms. The Balaban J connectivity index is 1.59. The molecule has 5 nitrogen and oxygen atoms in total. The van der Waals surface area contributed by atoms with Crippen molar-refractivity contribution in [2.24, 2.45) is 0 Å². The highest BCUT2D eigenvalue weighted by Gasteiger charge is 2.13. The summed E-state index contributed by atoms with van der Waals surface area (Å²) in [5.41, 5.74) is 1.75. The number of nitrogens with one attached hydrogen (secondary N) is 1. The van der Waals surface area contributed by atoms with Crippen molar-refractivity contribution >= 4 is 54.3 Å². The second kappa shape index (κ2) is 7.77. The van der Waals surface area contributed by atoms with Crippen LogP contribution in [-0.4, -0.2) is 25.1 Å². The molecule has 1 N–H and O–H groups in total. The number of hydrogen-bond donors (Lipinski definition) is 1. The number of pyridine rings is 1. The maximum atomic E-state index is 12.7. The van der Waals surface area contributed by atoms with Gasteiger partial charge in [-0.3, -0.25) is 4.79 Å². The van der Waals surface area contributed by atoms with E-state index < -0.39 is 0 Å². The number of aromatic nitrogens is 1. The van der Waals surface area contributed by atoms with Gasteiger partial charge in [-0.1, -0.05) is 15.9 Å². The van der Waals surface area contributed by atoms with Gasteiger partial charge in [0.25, 0.3) is 5.91 Å². The van der Waals surface area contributed by atoms with Gasteiger partial charge in [0, 0.05) is 33.4 Å². The Morgan fingerprint density at radius 3 is 2.71 bits per heavy atom. The molecule has 0 atom stereocenters. The average molecular weight is 457 g/mol. The molecule has 0 unspecified atom stereocenters. The Hall–Kier alpha value is -2.64. The molecule has 28 heavy (non-hydrogen) atoms.